The molecule has 0 saturated carbocycles. The van der Waals surface area contributed by atoms with Gasteiger partial charge in [-0.2, -0.15) is 78.5 Å². The van der Waals surface area contributed by atoms with Crippen LogP contribution in [0.25, 0.3) is 0 Å². The summed E-state index contributed by atoms with van der Waals surface area (Å²) in [6.07, 6.45) is -52.2. The maximum atomic E-state index is 13.0. The molecular weight excluding hydrogens is 566 g/mol. The summed E-state index contributed by atoms with van der Waals surface area (Å²) >= 11 is 0. The minimum atomic E-state index is -7.81. The molecule has 0 aromatic heterocycles. The van der Waals surface area contributed by atoms with Crippen LogP contribution in [0.1, 0.15) is 0 Å². The molecule has 25 heteroatoms. The van der Waals surface area contributed by atoms with Crippen molar-refractivity contribution in [1.82, 2.24) is 0 Å². The third-order valence-electron chi connectivity index (χ3n) is 2.27. The monoisotopic (exact) mass is 566 g/mol. The first-order chi connectivity index (χ1) is 13.8. The van der Waals surface area contributed by atoms with E-state index in [1.54, 1.807) is 0 Å². The number of ether oxygens (including phenoxy) is 3. The molecule has 0 radical (unpaired) electrons. The summed E-state index contributed by atoms with van der Waals surface area (Å²) in [5, 5.41) is 0. The summed E-state index contributed by atoms with van der Waals surface area (Å²) in [6.45, 7) is 0. The van der Waals surface area contributed by atoms with Crippen molar-refractivity contribution in [3.63, 3.8) is 0 Å². The van der Waals surface area contributed by atoms with Crippen molar-refractivity contribution in [3.8, 4) is 0 Å². The molecule has 0 aliphatic heterocycles. The lowest BCUT2D eigenvalue weighted by Gasteiger charge is -2.34. The third-order valence-corrected chi connectivity index (χ3v) is 3.27. The summed E-state index contributed by atoms with van der Waals surface area (Å²) in [5.74, 6) is 0. The summed E-state index contributed by atoms with van der Waals surface area (Å²) in [7, 11) is -7.81. The van der Waals surface area contributed by atoms with Crippen LogP contribution in [0.5, 0.6) is 0 Å². The second-order valence-electron chi connectivity index (χ2n) is 4.84. The molecule has 0 amide bonds. The van der Waals surface area contributed by atoms with Crippen molar-refractivity contribution in [2.24, 2.45) is 0 Å². The predicted molar refractivity (Wildman–Crippen MR) is 55.1 cm³/mol. The van der Waals surface area contributed by atoms with E-state index in [0.29, 0.717) is 0 Å². The fourth-order valence-electron chi connectivity index (χ4n) is 0.998. The molecule has 6 nitrogen and oxygen atoms in total. The van der Waals surface area contributed by atoms with E-state index >= 15 is 0 Å². The molecule has 0 aromatic carbocycles. The average Bonchev–Trinajstić information content (AvgIpc) is 2.38. The normalized spacial score (nSPS) is 16.3. The van der Waals surface area contributed by atoms with E-state index in [1.165, 1.54) is 18.4 Å². The quantitative estimate of drug-likeness (QED) is 0.211. The molecule has 33 heavy (non-hydrogen) atoms. The summed E-state index contributed by atoms with van der Waals surface area (Å²) in [5.41, 5.74) is -6.96. The van der Waals surface area contributed by atoms with E-state index in [4.69, 9.17) is 0 Å². The van der Waals surface area contributed by atoms with E-state index in [-0.39, 0.29) is 0 Å². The van der Waals surface area contributed by atoms with Crippen LogP contribution in [-0.4, -0.2) is 56.9 Å². The van der Waals surface area contributed by atoms with Crippen molar-refractivity contribution in [3.05, 3.63) is 0 Å². The van der Waals surface area contributed by atoms with E-state index in [1.807, 2.05) is 0 Å². The van der Waals surface area contributed by atoms with E-state index in [9.17, 15) is 87.4 Å². The molecule has 0 fully saturated rings. The second-order valence-corrected chi connectivity index (χ2v) is 6.37. The SMILES string of the molecule is O=S(=O)(OC(F)(F)C(F)(F)OC(F)(F)C(F)(F)OC(F)(F)C(F)(F)OC(F)(F)F)C(F)(F)F. The van der Waals surface area contributed by atoms with Crippen LogP contribution < -0.4 is 0 Å². The zero-order valence-electron chi connectivity index (χ0n) is 13.7. The Hall–Kier alpha value is -1.47. The lowest BCUT2D eigenvalue weighted by atomic mass is 10.5. The van der Waals surface area contributed by atoms with Crippen molar-refractivity contribution in [2.45, 2.75) is 48.5 Å². The van der Waals surface area contributed by atoms with Crippen LogP contribution in [0.4, 0.5) is 79.0 Å². The van der Waals surface area contributed by atoms with Crippen LogP contribution >= 0.6 is 0 Å². The Kier molecular flexibility index (Phi) is 7.96. The van der Waals surface area contributed by atoms with Gasteiger partial charge in [0.15, 0.2) is 0 Å². The Balaban J connectivity index is 5.95. The number of hydrogen-bond acceptors (Lipinski definition) is 6. The topological polar surface area (TPSA) is 71.1 Å². The van der Waals surface area contributed by atoms with Crippen LogP contribution in [0.15, 0.2) is 0 Å². The Morgan fingerprint density at radius 3 is 0.879 bits per heavy atom. The summed E-state index contributed by atoms with van der Waals surface area (Å²) < 4.78 is 250. The standard InChI is InChI=1S/C8F18O6S/c9-1(10,29-3(13,14)4(15,16)31-7(21,22)23)2(11,12)30-5(17,18)6(19,20)32-33(27,28)8(24,25)26. The number of halogens is 18. The molecule has 0 heterocycles. The Bertz CT molecular complexity index is 796. The highest BCUT2D eigenvalue weighted by atomic mass is 32.2. The van der Waals surface area contributed by atoms with E-state index < -0.39 is 58.6 Å². The number of rotatable bonds is 10. The highest BCUT2D eigenvalue weighted by Crippen LogP contribution is 2.51. The number of alkyl halides is 18. The third kappa shape index (κ3) is 7.25. The van der Waals surface area contributed by atoms with E-state index in [0.717, 1.165) is 0 Å². The Labute approximate surface area is 166 Å². The minimum absolute atomic E-state index is 1.28. The maximum absolute atomic E-state index is 13.0. The van der Waals surface area contributed by atoms with Gasteiger partial charge in [0.05, 0.1) is 0 Å². The largest absolute Gasteiger partial charge is 0.527 e. The molecule has 0 N–H and O–H groups in total. The maximum Gasteiger partial charge on any atom is 0.527 e. The Morgan fingerprint density at radius 1 is 0.394 bits per heavy atom. The Morgan fingerprint density at radius 2 is 0.636 bits per heavy atom. The first-order valence-corrected chi connectivity index (χ1v) is 7.69. The van der Waals surface area contributed by atoms with Gasteiger partial charge in [0.2, 0.25) is 0 Å². The summed E-state index contributed by atoms with van der Waals surface area (Å²) in [6, 6.07) is 0. The molecule has 0 saturated heterocycles. The smallest absolute Gasteiger partial charge is 0.241 e. The fraction of sp³-hybridized carbons (Fsp3) is 1.00. The molecule has 0 aliphatic rings. The zero-order valence-corrected chi connectivity index (χ0v) is 14.5. The first-order valence-electron chi connectivity index (χ1n) is 6.28. The summed E-state index contributed by atoms with van der Waals surface area (Å²) in [4.78, 5) is 0. The van der Waals surface area contributed by atoms with Gasteiger partial charge >= 0.3 is 58.6 Å². The molecule has 0 bridgehead atoms. The first kappa shape index (κ1) is 31.5. The average molecular weight is 566 g/mol. The fourth-order valence-corrected chi connectivity index (χ4v) is 1.46. The zero-order chi connectivity index (χ0) is 27.3. The molecule has 0 rings (SSSR count). The molecule has 0 spiro atoms. The van der Waals surface area contributed by atoms with Crippen molar-refractivity contribution in [2.75, 3.05) is 0 Å². The highest BCUT2D eigenvalue weighted by Gasteiger charge is 2.77. The molecule has 0 atom stereocenters. The lowest BCUT2D eigenvalue weighted by Crippen LogP contribution is -2.59. The van der Waals surface area contributed by atoms with Gasteiger partial charge in [-0.3, -0.25) is 0 Å². The van der Waals surface area contributed by atoms with Crippen LogP contribution in [0.2, 0.25) is 0 Å². The second kappa shape index (κ2) is 8.33. The molecular formula is C8F18O6S. The van der Waals surface area contributed by atoms with Gasteiger partial charge in [-0.1, -0.05) is 0 Å². The van der Waals surface area contributed by atoms with E-state index in [2.05, 4.69) is 0 Å². The number of hydrogen-bond donors (Lipinski definition) is 0. The van der Waals surface area contributed by atoms with Crippen LogP contribution in [0.3, 0.4) is 0 Å². The van der Waals surface area contributed by atoms with Crippen molar-refractivity contribution >= 4 is 10.1 Å². The van der Waals surface area contributed by atoms with Crippen molar-refractivity contribution in [1.29, 1.82) is 0 Å². The van der Waals surface area contributed by atoms with Crippen molar-refractivity contribution < 1.29 is 106 Å². The van der Waals surface area contributed by atoms with Gasteiger partial charge in [0.1, 0.15) is 0 Å². The molecule has 0 aromatic rings. The van der Waals surface area contributed by atoms with Gasteiger partial charge in [-0.15, -0.1) is 13.2 Å². The van der Waals surface area contributed by atoms with Gasteiger partial charge in [-0.25, -0.2) is 14.2 Å². The van der Waals surface area contributed by atoms with Gasteiger partial charge < -0.3 is 0 Å². The molecule has 200 valence electrons. The van der Waals surface area contributed by atoms with Gasteiger partial charge in [0.25, 0.3) is 0 Å². The minimum Gasteiger partial charge on any atom is -0.241 e. The van der Waals surface area contributed by atoms with Gasteiger partial charge in [-0.05, 0) is 0 Å². The molecule has 0 aliphatic carbocycles. The molecule has 0 unspecified atom stereocenters. The lowest BCUT2D eigenvalue weighted by molar-refractivity contribution is -0.573. The van der Waals surface area contributed by atoms with Crippen LogP contribution in [0, 0.1) is 0 Å². The predicted octanol–water partition coefficient (Wildman–Crippen LogP) is 4.98. The van der Waals surface area contributed by atoms with Crippen LogP contribution in [-0.2, 0) is 28.5 Å². The highest BCUT2D eigenvalue weighted by molar-refractivity contribution is 7.87. The van der Waals surface area contributed by atoms with Gasteiger partial charge in [0, 0.05) is 0 Å².